The largest absolute Gasteiger partial charge is 0.356 e. The number of rotatable bonds is 8. The van der Waals surface area contributed by atoms with E-state index < -0.39 is 9.84 Å². The van der Waals surface area contributed by atoms with Gasteiger partial charge in [-0.2, -0.15) is 0 Å². The zero-order valence-electron chi connectivity index (χ0n) is 16.8. The number of guanidine groups is 1. The van der Waals surface area contributed by atoms with Crippen molar-refractivity contribution in [3.8, 4) is 0 Å². The molecule has 1 saturated heterocycles. The summed E-state index contributed by atoms with van der Waals surface area (Å²) in [6.07, 6.45) is 10.1. The van der Waals surface area contributed by atoms with E-state index in [-0.39, 0.29) is 23.5 Å². The first kappa shape index (κ1) is 22.0. The van der Waals surface area contributed by atoms with Crippen LogP contribution in [0.4, 0.5) is 0 Å². The Balaban J connectivity index is 1.59. The Kier molecular flexibility index (Phi) is 8.86. The third-order valence-electron chi connectivity index (χ3n) is 5.58. The molecule has 0 spiro atoms. The van der Waals surface area contributed by atoms with Crippen molar-refractivity contribution in [2.45, 2.75) is 76.8 Å². The second kappa shape index (κ2) is 10.9. The third-order valence-corrected chi connectivity index (χ3v) is 7.35. The predicted molar refractivity (Wildman–Crippen MR) is 110 cm³/mol. The van der Waals surface area contributed by atoms with Crippen molar-refractivity contribution in [1.82, 2.24) is 16.0 Å². The van der Waals surface area contributed by atoms with Gasteiger partial charge in [0.1, 0.15) is 0 Å². The van der Waals surface area contributed by atoms with Crippen LogP contribution in [0.25, 0.3) is 0 Å². The summed E-state index contributed by atoms with van der Waals surface area (Å²) in [6.45, 7) is 2.64. The predicted octanol–water partition coefficient (Wildman–Crippen LogP) is 1.59. The Morgan fingerprint density at radius 3 is 2.56 bits per heavy atom. The van der Waals surface area contributed by atoms with E-state index >= 15 is 0 Å². The molecule has 2 atom stereocenters. The first-order valence-electron chi connectivity index (χ1n) is 10.3. The van der Waals surface area contributed by atoms with Gasteiger partial charge in [-0.3, -0.25) is 9.79 Å². The highest BCUT2D eigenvalue weighted by Gasteiger charge is 2.28. The first-order valence-corrected chi connectivity index (χ1v) is 12.2. The van der Waals surface area contributed by atoms with Crippen molar-refractivity contribution in [1.29, 1.82) is 0 Å². The second-order valence-corrected chi connectivity index (χ2v) is 10.3. The molecule has 1 aliphatic carbocycles. The zero-order chi connectivity index (χ0) is 19.7. The maximum atomic E-state index is 12.0. The van der Waals surface area contributed by atoms with Gasteiger partial charge in [-0.15, -0.1) is 0 Å². The number of hydrogen-bond donors (Lipinski definition) is 3. The van der Waals surface area contributed by atoms with Crippen LogP contribution < -0.4 is 16.0 Å². The third kappa shape index (κ3) is 8.49. The van der Waals surface area contributed by atoms with Crippen molar-refractivity contribution in [2.75, 3.05) is 25.1 Å². The molecule has 3 N–H and O–H groups in total. The monoisotopic (exact) mass is 400 g/mol. The molecule has 0 bridgehead atoms. The number of hydrogen-bond acceptors (Lipinski definition) is 4. The van der Waals surface area contributed by atoms with Crippen molar-refractivity contribution < 1.29 is 13.2 Å². The Morgan fingerprint density at radius 1 is 1.19 bits per heavy atom. The average molecular weight is 401 g/mol. The molecular weight excluding hydrogens is 364 g/mol. The van der Waals surface area contributed by atoms with Crippen molar-refractivity contribution in [2.24, 2.45) is 10.9 Å². The minimum Gasteiger partial charge on any atom is -0.356 e. The smallest absolute Gasteiger partial charge is 0.222 e. The van der Waals surface area contributed by atoms with E-state index in [4.69, 9.17) is 0 Å². The van der Waals surface area contributed by atoms with Gasteiger partial charge in [-0.05, 0) is 32.1 Å². The minimum absolute atomic E-state index is 0.0634. The molecule has 2 aliphatic rings. The van der Waals surface area contributed by atoms with Crippen LogP contribution in [0.3, 0.4) is 0 Å². The number of carbonyl (C=O) groups excluding carboxylic acids is 1. The molecule has 1 amide bonds. The summed E-state index contributed by atoms with van der Waals surface area (Å²) in [5.41, 5.74) is 0. The molecule has 0 radical (unpaired) electrons. The van der Waals surface area contributed by atoms with Crippen LogP contribution in [-0.2, 0) is 14.6 Å². The molecule has 1 heterocycles. The number of aliphatic imine (C=N–C) groups is 1. The molecule has 8 heteroatoms. The van der Waals surface area contributed by atoms with E-state index in [1.165, 1.54) is 38.5 Å². The molecule has 27 heavy (non-hydrogen) atoms. The number of carbonyl (C=O) groups is 1. The summed E-state index contributed by atoms with van der Waals surface area (Å²) >= 11 is 0. The van der Waals surface area contributed by atoms with Gasteiger partial charge in [0.25, 0.3) is 0 Å². The lowest BCUT2D eigenvalue weighted by Crippen LogP contribution is -2.44. The van der Waals surface area contributed by atoms with Crippen molar-refractivity contribution in [3.63, 3.8) is 0 Å². The zero-order valence-corrected chi connectivity index (χ0v) is 17.6. The topological polar surface area (TPSA) is 99.7 Å². The van der Waals surface area contributed by atoms with E-state index in [1.807, 2.05) is 0 Å². The van der Waals surface area contributed by atoms with Gasteiger partial charge in [-0.25, -0.2) is 8.42 Å². The summed E-state index contributed by atoms with van der Waals surface area (Å²) in [4.78, 5) is 16.2. The molecule has 2 fully saturated rings. The van der Waals surface area contributed by atoms with Crippen LogP contribution in [0.5, 0.6) is 0 Å². The van der Waals surface area contributed by atoms with E-state index in [1.54, 1.807) is 7.05 Å². The summed E-state index contributed by atoms with van der Waals surface area (Å²) in [6, 6.07) is 0.107. The molecule has 1 saturated carbocycles. The van der Waals surface area contributed by atoms with E-state index in [0.717, 1.165) is 12.3 Å². The van der Waals surface area contributed by atoms with Crippen LogP contribution in [0, 0.1) is 5.92 Å². The van der Waals surface area contributed by atoms with Crippen LogP contribution in [-0.4, -0.2) is 57.5 Å². The highest BCUT2D eigenvalue weighted by molar-refractivity contribution is 7.91. The second-order valence-electron chi connectivity index (χ2n) is 8.04. The molecule has 7 nitrogen and oxygen atoms in total. The van der Waals surface area contributed by atoms with Gasteiger partial charge in [-0.1, -0.05) is 32.1 Å². The van der Waals surface area contributed by atoms with Crippen LogP contribution in [0.1, 0.15) is 64.7 Å². The van der Waals surface area contributed by atoms with Gasteiger partial charge in [0.05, 0.1) is 11.5 Å². The van der Waals surface area contributed by atoms with E-state index in [9.17, 15) is 13.2 Å². The number of sulfone groups is 1. The molecule has 1 aliphatic heterocycles. The molecule has 2 rings (SSSR count). The lowest BCUT2D eigenvalue weighted by atomic mass is 9.85. The SMILES string of the molecule is CN=C(NCCC(=O)NC1CCS(=O)(=O)C1)NC(C)CCC1CCCCC1. The minimum atomic E-state index is -2.97. The van der Waals surface area contributed by atoms with E-state index in [0.29, 0.717) is 31.4 Å². The van der Waals surface area contributed by atoms with Crippen LogP contribution >= 0.6 is 0 Å². The fourth-order valence-electron chi connectivity index (χ4n) is 3.96. The first-order chi connectivity index (χ1) is 12.9. The Hall–Kier alpha value is -1.31. The molecule has 0 aromatic heterocycles. The van der Waals surface area contributed by atoms with Crippen molar-refractivity contribution in [3.05, 3.63) is 0 Å². The Labute approximate surface area is 164 Å². The highest BCUT2D eigenvalue weighted by atomic mass is 32.2. The van der Waals surface area contributed by atoms with Crippen molar-refractivity contribution >= 4 is 21.7 Å². The van der Waals surface area contributed by atoms with E-state index in [2.05, 4.69) is 27.9 Å². The Morgan fingerprint density at radius 2 is 1.93 bits per heavy atom. The molecule has 2 unspecified atom stereocenters. The lowest BCUT2D eigenvalue weighted by molar-refractivity contribution is -0.121. The standard InChI is InChI=1S/C19H36N4O3S/c1-15(8-9-16-6-4-3-5-7-16)22-19(20-2)21-12-10-18(24)23-17-11-13-27(25,26)14-17/h15-17H,3-14H2,1-2H3,(H,23,24)(H2,20,21,22). The number of nitrogens with one attached hydrogen (secondary N) is 3. The quantitative estimate of drug-likeness (QED) is 0.424. The van der Waals surface area contributed by atoms with Gasteiger partial charge in [0.2, 0.25) is 5.91 Å². The van der Waals surface area contributed by atoms with Gasteiger partial charge < -0.3 is 16.0 Å². The van der Waals surface area contributed by atoms with Gasteiger partial charge in [0, 0.05) is 32.1 Å². The summed E-state index contributed by atoms with van der Waals surface area (Å²) < 4.78 is 22.9. The summed E-state index contributed by atoms with van der Waals surface area (Å²) in [5, 5.41) is 9.37. The number of amides is 1. The summed E-state index contributed by atoms with van der Waals surface area (Å²) in [5.74, 6) is 1.70. The maximum Gasteiger partial charge on any atom is 0.222 e. The van der Waals surface area contributed by atoms with Gasteiger partial charge >= 0.3 is 0 Å². The molecule has 0 aromatic rings. The lowest BCUT2D eigenvalue weighted by Gasteiger charge is -2.24. The van der Waals surface area contributed by atoms with Gasteiger partial charge in [0.15, 0.2) is 15.8 Å². The normalized spacial score (nSPS) is 24.4. The molecule has 156 valence electrons. The highest BCUT2D eigenvalue weighted by Crippen LogP contribution is 2.27. The Bertz CT molecular complexity index is 600. The van der Waals surface area contributed by atoms with Crippen LogP contribution in [0.2, 0.25) is 0 Å². The summed E-state index contributed by atoms with van der Waals surface area (Å²) in [7, 11) is -1.24. The maximum absolute atomic E-state index is 12.0. The number of nitrogens with zero attached hydrogens (tertiary/aromatic N) is 1. The molecule has 0 aromatic carbocycles. The fourth-order valence-corrected chi connectivity index (χ4v) is 5.64. The van der Waals surface area contributed by atoms with Crippen LogP contribution in [0.15, 0.2) is 4.99 Å². The molecular formula is C19H36N4O3S. The fraction of sp³-hybridized carbons (Fsp3) is 0.895. The average Bonchev–Trinajstić information content (AvgIpc) is 2.98.